The first-order valence-electron chi connectivity index (χ1n) is 7.18. The van der Waals surface area contributed by atoms with Crippen molar-refractivity contribution in [2.24, 2.45) is 5.92 Å². The number of carbonyl (C=O) groups is 2. The Morgan fingerprint density at radius 1 is 1.26 bits per heavy atom. The highest BCUT2D eigenvalue weighted by molar-refractivity contribution is 5.86. The van der Waals surface area contributed by atoms with E-state index in [0.717, 1.165) is 25.8 Å². The van der Waals surface area contributed by atoms with Crippen LogP contribution in [-0.4, -0.2) is 51.6 Å². The van der Waals surface area contributed by atoms with Crippen molar-refractivity contribution in [1.82, 2.24) is 9.80 Å². The third-order valence-corrected chi connectivity index (χ3v) is 4.61. The number of nitrogens with zero attached hydrogens (tertiary/aromatic N) is 2. The molecule has 0 bridgehead atoms. The van der Waals surface area contributed by atoms with E-state index in [4.69, 9.17) is 0 Å². The van der Waals surface area contributed by atoms with Crippen LogP contribution in [0.4, 0.5) is 4.79 Å². The van der Waals surface area contributed by atoms with Crippen molar-refractivity contribution in [2.75, 3.05) is 13.1 Å². The van der Waals surface area contributed by atoms with E-state index >= 15 is 0 Å². The molecule has 2 rings (SSSR count). The zero-order chi connectivity index (χ0) is 14.2. The van der Waals surface area contributed by atoms with Crippen LogP contribution in [0.1, 0.15) is 46.5 Å². The summed E-state index contributed by atoms with van der Waals surface area (Å²) >= 11 is 0. The van der Waals surface area contributed by atoms with Gasteiger partial charge in [0.05, 0.1) is 0 Å². The molecule has 2 saturated heterocycles. The summed E-state index contributed by atoms with van der Waals surface area (Å²) < 4.78 is 0. The number of piperidine rings is 1. The van der Waals surface area contributed by atoms with E-state index in [2.05, 4.69) is 6.92 Å². The number of likely N-dealkylation sites (tertiary alicyclic amines) is 2. The van der Waals surface area contributed by atoms with Gasteiger partial charge in [-0.05, 0) is 45.4 Å². The number of hydrogen-bond donors (Lipinski definition) is 1. The Morgan fingerprint density at radius 2 is 1.95 bits per heavy atom. The van der Waals surface area contributed by atoms with Gasteiger partial charge in [-0.3, -0.25) is 0 Å². The number of amides is 2. The first kappa shape index (κ1) is 14.2. The van der Waals surface area contributed by atoms with Crippen LogP contribution in [0.2, 0.25) is 0 Å². The van der Waals surface area contributed by atoms with Gasteiger partial charge in [0.15, 0.2) is 0 Å². The van der Waals surface area contributed by atoms with Gasteiger partial charge >= 0.3 is 12.0 Å². The zero-order valence-corrected chi connectivity index (χ0v) is 12.1. The Kier molecular flexibility index (Phi) is 3.74. The van der Waals surface area contributed by atoms with Gasteiger partial charge in [-0.15, -0.1) is 0 Å². The minimum atomic E-state index is -1.04. The predicted molar refractivity (Wildman–Crippen MR) is 71.9 cm³/mol. The molecule has 2 fully saturated rings. The Bertz CT molecular complexity index is 385. The normalized spacial score (nSPS) is 35.5. The van der Waals surface area contributed by atoms with Crippen molar-refractivity contribution in [1.29, 1.82) is 0 Å². The summed E-state index contributed by atoms with van der Waals surface area (Å²) in [7, 11) is 0. The van der Waals surface area contributed by atoms with E-state index in [0.29, 0.717) is 18.9 Å². The lowest BCUT2D eigenvalue weighted by molar-refractivity contribution is -0.150. The molecule has 3 unspecified atom stereocenters. The fourth-order valence-corrected chi connectivity index (χ4v) is 3.37. The molecule has 0 radical (unpaired) electrons. The minimum Gasteiger partial charge on any atom is -0.480 e. The summed E-state index contributed by atoms with van der Waals surface area (Å²) in [5.74, 6) is -0.389. The van der Waals surface area contributed by atoms with Gasteiger partial charge in [-0.1, -0.05) is 6.92 Å². The Hall–Kier alpha value is -1.26. The van der Waals surface area contributed by atoms with Crippen molar-refractivity contribution >= 4 is 12.0 Å². The molecule has 0 aromatic carbocycles. The molecule has 0 aliphatic carbocycles. The third-order valence-electron chi connectivity index (χ3n) is 4.61. The van der Waals surface area contributed by atoms with E-state index in [9.17, 15) is 14.7 Å². The van der Waals surface area contributed by atoms with Gasteiger partial charge in [0.2, 0.25) is 0 Å². The smallest absolute Gasteiger partial charge is 0.329 e. The Morgan fingerprint density at radius 3 is 2.47 bits per heavy atom. The second kappa shape index (κ2) is 5.02. The van der Waals surface area contributed by atoms with E-state index in [1.807, 2.05) is 11.8 Å². The number of carboxylic acids is 1. The summed E-state index contributed by atoms with van der Waals surface area (Å²) in [5, 5.41) is 9.47. The fraction of sp³-hybridized carbons (Fsp3) is 0.857. The van der Waals surface area contributed by atoms with Gasteiger partial charge in [0.1, 0.15) is 5.54 Å². The molecular formula is C14H24N2O3. The molecule has 2 heterocycles. The fourth-order valence-electron chi connectivity index (χ4n) is 3.37. The standard InChI is InChI=1S/C14H24N2O3/c1-10-8-11(2)15(9-10)13(19)16-7-5-4-6-14(16,3)12(17)18/h10-11H,4-9H2,1-3H3,(H,17,18). The maximum absolute atomic E-state index is 12.7. The summed E-state index contributed by atoms with van der Waals surface area (Å²) in [4.78, 5) is 27.6. The molecule has 2 aliphatic heterocycles. The van der Waals surface area contributed by atoms with E-state index in [-0.39, 0.29) is 12.1 Å². The van der Waals surface area contributed by atoms with Crippen molar-refractivity contribution < 1.29 is 14.7 Å². The number of hydrogen-bond acceptors (Lipinski definition) is 2. The lowest BCUT2D eigenvalue weighted by Crippen LogP contribution is -2.61. The van der Waals surface area contributed by atoms with Crippen molar-refractivity contribution in [2.45, 2.75) is 58.0 Å². The quantitative estimate of drug-likeness (QED) is 0.792. The highest BCUT2D eigenvalue weighted by atomic mass is 16.4. The van der Waals surface area contributed by atoms with Crippen molar-refractivity contribution in [3.63, 3.8) is 0 Å². The van der Waals surface area contributed by atoms with Crippen LogP contribution < -0.4 is 0 Å². The molecular weight excluding hydrogens is 244 g/mol. The number of carboxylic acid groups (broad SMARTS) is 1. The predicted octanol–water partition coefficient (Wildman–Crippen LogP) is 2.17. The number of rotatable bonds is 1. The first-order chi connectivity index (χ1) is 8.86. The molecule has 0 spiro atoms. The number of urea groups is 1. The Balaban J connectivity index is 2.19. The van der Waals surface area contributed by atoms with Crippen LogP contribution in [0.3, 0.4) is 0 Å². The molecule has 0 saturated carbocycles. The highest BCUT2D eigenvalue weighted by Gasteiger charge is 2.46. The summed E-state index contributed by atoms with van der Waals surface area (Å²) in [6, 6.07) is 0.115. The molecule has 108 valence electrons. The molecule has 5 heteroatoms. The van der Waals surface area contributed by atoms with Crippen molar-refractivity contribution in [3.8, 4) is 0 Å². The Labute approximate surface area is 114 Å². The SMILES string of the molecule is CC1CC(C)N(C(=O)N2CCCCC2(C)C(=O)O)C1. The summed E-state index contributed by atoms with van der Waals surface area (Å²) in [6.45, 7) is 7.15. The average Bonchev–Trinajstić information content (AvgIpc) is 2.68. The van der Waals surface area contributed by atoms with Crippen LogP contribution >= 0.6 is 0 Å². The minimum absolute atomic E-state index is 0.0959. The highest BCUT2D eigenvalue weighted by Crippen LogP contribution is 2.32. The largest absolute Gasteiger partial charge is 0.480 e. The monoisotopic (exact) mass is 268 g/mol. The molecule has 0 aromatic heterocycles. The molecule has 3 atom stereocenters. The second-order valence-corrected chi connectivity index (χ2v) is 6.31. The van der Waals surface area contributed by atoms with Gasteiger partial charge in [0, 0.05) is 19.1 Å². The van der Waals surface area contributed by atoms with Crippen molar-refractivity contribution in [3.05, 3.63) is 0 Å². The topological polar surface area (TPSA) is 60.9 Å². The summed E-state index contributed by atoms with van der Waals surface area (Å²) in [6.07, 6.45) is 3.32. The van der Waals surface area contributed by atoms with Gasteiger partial charge < -0.3 is 14.9 Å². The van der Waals surface area contributed by atoms with Crippen LogP contribution in [0.15, 0.2) is 0 Å². The van der Waals surface area contributed by atoms with E-state index in [1.165, 1.54) is 0 Å². The molecule has 0 aromatic rings. The van der Waals surface area contributed by atoms with Gasteiger partial charge in [-0.25, -0.2) is 9.59 Å². The van der Waals surface area contributed by atoms with Crippen LogP contribution in [0, 0.1) is 5.92 Å². The lowest BCUT2D eigenvalue weighted by Gasteiger charge is -2.43. The number of aliphatic carboxylic acids is 1. The second-order valence-electron chi connectivity index (χ2n) is 6.31. The molecule has 19 heavy (non-hydrogen) atoms. The van der Waals surface area contributed by atoms with Gasteiger partial charge in [-0.2, -0.15) is 0 Å². The molecule has 5 nitrogen and oxygen atoms in total. The lowest BCUT2D eigenvalue weighted by atomic mass is 9.89. The van der Waals surface area contributed by atoms with E-state index < -0.39 is 11.5 Å². The van der Waals surface area contributed by atoms with Gasteiger partial charge in [0.25, 0.3) is 0 Å². The number of carbonyl (C=O) groups excluding carboxylic acids is 1. The zero-order valence-electron chi connectivity index (χ0n) is 12.1. The maximum atomic E-state index is 12.7. The van der Waals surface area contributed by atoms with Crippen LogP contribution in [0.25, 0.3) is 0 Å². The molecule has 1 N–H and O–H groups in total. The van der Waals surface area contributed by atoms with Crippen LogP contribution in [0.5, 0.6) is 0 Å². The average molecular weight is 268 g/mol. The molecule has 2 aliphatic rings. The van der Waals surface area contributed by atoms with E-state index in [1.54, 1.807) is 11.8 Å². The first-order valence-corrected chi connectivity index (χ1v) is 7.18. The maximum Gasteiger partial charge on any atom is 0.329 e. The third kappa shape index (κ3) is 2.42. The molecule has 2 amide bonds. The summed E-state index contributed by atoms with van der Waals surface area (Å²) in [5.41, 5.74) is -1.04. The van der Waals surface area contributed by atoms with Crippen LogP contribution in [-0.2, 0) is 4.79 Å².